The number of hydrogen-bond acceptors (Lipinski definition) is 2. The molecule has 0 saturated carbocycles. The van der Waals surface area contributed by atoms with Gasteiger partial charge in [-0.15, -0.1) is 0 Å². The van der Waals surface area contributed by atoms with E-state index in [0.29, 0.717) is 0 Å². The molecule has 1 aliphatic rings. The van der Waals surface area contributed by atoms with E-state index >= 15 is 0 Å². The third kappa shape index (κ3) is 8.70. The zero-order valence-corrected chi connectivity index (χ0v) is 15.6. The van der Waals surface area contributed by atoms with Gasteiger partial charge in [0.2, 0.25) is 5.79 Å². The SMILES string of the molecule is CC(C)CCC[C@@H](C)CCC[C@@H](C)CCCC1(C)OC=CO1. The maximum Gasteiger partial charge on any atom is 0.247 e. The highest BCUT2D eigenvalue weighted by molar-refractivity contribution is 4.80. The smallest absolute Gasteiger partial charge is 0.247 e. The first-order valence-corrected chi connectivity index (χ1v) is 9.42. The van der Waals surface area contributed by atoms with E-state index in [1.165, 1.54) is 51.4 Å². The molecule has 0 aromatic heterocycles. The zero-order chi connectivity index (χ0) is 16.4. The van der Waals surface area contributed by atoms with E-state index in [1.54, 1.807) is 12.5 Å². The molecular formula is C20H38O2. The van der Waals surface area contributed by atoms with Crippen LogP contribution in [0, 0.1) is 17.8 Å². The molecule has 0 saturated heterocycles. The van der Waals surface area contributed by atoms with Gasteiger partial charge in [-0.05, 0) is 24.2 Å². The lowest BCUT2D eigenvalue weighted by Gasteiger charge is -2.23. The van der Waals surface area contributed by atoms with Crippen molar-refractivity contribution in [2.45, 2.75) is 98.2 Å². The third-order valence-electron chi connectivity index (χ3n) is 4.89. The molecule has 0 unspecified atom stereocenters. The van der Waals surface area contributed by atoms with Crippen LogP contribution in [-0.4, -0.2) is 5.79 Å². The Bertz CT molecular complexity index is 301. The van der Waals surface area contributed by atoms with Gasteiger partial charge in [-0.1, -0.05) is 72.6 Å². The molecule has 2 heteroatoms. The minimum atomic E-state index is -0.398. The Morgan fingerprint density at radius 3 is 1.68 bits per heavy atom. The molecule has 1 rings (SSSR count). The molecule has 0 fully saturated rings. The Balaban J connectivity index is 1.97. The molecule has 0 aliphatic carbocycles. The fourth-order valence-corrected chi connectivity index (χ4v) is 3.24. The van der Waals surface area contributed by atoms with Crippen LogP contribution in [-0.2, 0) is 9.47 Å². The molecule has 0 spiro atoms. The molecule has 2 atom stereocenters. The molecule has 2 nitrogen and oxygen atoms in total. The highest BCUT2D eigenvalue weighted by Crippen LogP contribution is 2.27. The summed E-state index contributed by atoms with van der Waals surface area (Å²) < 4.78 is 11.0. The van der Waals surface area contributed by atoms with Crippen molar-refractivity contribution < 1.29 is 9.47 Å². The van der Waals surface area contributed by atoms with Crippen molar-refractivity contribution in [3.63, 3.8) is 0 Å². The second kappa shape index (κ2) is 10.2. The van der Waals surface area contributed by atoms with Gasteiger partial charge >= 0.3 is 0 Å². The van der Waals surface area contributed by atoms with E-state index in [4.69, 9.17) is 9.47 Å². The first-order valence-electron chi connectivity index (χ1n) is 9.42. The number of ether oxygens (including phenoxy) is 2. The van der Waals surface area contributed by atoms with Crippen LogP contribution in [0.5, 0.6) is 0 Å². The summed E-state index contributed by atoms with van der Waals surface area (Å²) in [6.07, 6.45) is 15.1. The van der Waals surface area contributed by atoms with Crippen molar-refractivity contribution >= 4 is 0 Å². The quantitative estimate of drug-likeness (QED) is 0.401. The van der Waals surface area contributed by atoms with Gasteiger partial charge in [0.05, 0.1) is 0 Å². The summed E-state index contributed by atoms with van der Waals surface area (Å²) in [5.74, 6) is 2.18. The summed E-state index contributed by atoms with van der Waals surface area (Å²) >= 11 is 0. The Kier molecular flexibility index (Phi) is 8.97. The Hall–Kier alpha value is -0.660. The molecule has 22 heavy (non-hydrogen) atoms. The van der Waals surface area contributed by atoms with Crippen molar-refractivity contribution in [2.24, 2.45) is 17.8 Å². The lowest BCUT2D eigenvalue weighted by molar-refractivity contribution is -0.132. The summed E-state index contributed by atoms with van der Waals surface area (Å²) in [4.78, 5) is 0. The number of rotatable bonds is 12. The molecule has 0 aromatic carbocycles. The lowest BCUT2D eigenvalue weighted by Crippen LogP contribution is -2.25. The van der Waals surface area contributed by atoms with Gasteiger partial charge in [-0.2, -0.15) is 0 Å². The van der Waals surface area contributed by atoms with Gasteiger partial charge in [0, 0.05) is 13.3 Å². The van der Waals surface area contributed by atoms with Crippen molar-refractivity contribution in [3.8, 4) is 0 Å². The normalized spacial score (nSPS) is 19.0. The fourth-order valence-electron chi connectivity index (χ4n) is 3.24. The van der Waals surface area contributed by atoms with Crippen molar-refractivity contribution in [3.05, 3.63) is 12.5 Å². The molecular weight excluding hydrogens is 272 g/mol. The van der Waals surface area contributed by atoms with E-state index < -0.39 is 5.79 Å². The zero-order valence-electron chi connectivity index (χ0n) is 15.6. The lowest BCUT2D eigenvalue weighted by atomic mass is 9.91. The highest BCUT2D eigenvalue weighted by Gasteiger charge is 2.28. The van der Waals surface area contributed by atoms with Gasteiger partial charge in [0.25, 0.3) is 0 Å². The van der Waals surface area contributed by atoms with Crippen LogP contribution in [0.25, 0.3) is 0 Å². The van der Waals surface area contributed by atoms with Crippen molar-refractivity contribution in [2.75, 3.05) is 0 Å². The largest absolute Gasteiger partial charge is 0.457 e. The predicted molar refractivity (Wildman–Crippen MR) is 94.4 cm³/mol. The van der Waals surface area contributed by atoms with Crippen LogP contribution >= 0.6 is 0 Å². The molecule has 1 aliphatic heterocycles. The Morgan fingerprint density at radius 2 is 1.18 bits per heavy atom. The van der Waals surface area contributed by atoms with Crippen LogP contribution in [0.1, 0.15) is 92.4 Å². The van der Waals surface area contributed by atoms with Crippen LogP contribution in [0.3, 0.4) is 0 Å². The fraction of sp³-hybridized carbons (Fsp3) is 0.900. The van der Waals surface area contributed by atoms with E-state index in [-0.39, 0.29) is 0 Å². The van der Waals surface area contributed by atoms with Gasteiger partial charge in [-0.25, -0.2) is 0 Å². The predicted octanol–water partition coefficient (Wildman–Crippen LogP) is 6.66. The van der Waals surface area contributed by atoms with Crippen molar-refractivity contribution in [1.82, 2.24) is 0 Å². The van der Waals surface area contributed by atoms with Gasteiger partial charge in [0.15, 0.2) is 0 Å². The molecule has 0 aromatic rings. The molecule has 0 bridgehead atoms. The maximum atomic E-state index is 5.49. The summed E-state index contributed by atoms with van der Waals surface area (Å²) in [5.41, 5.74) is 0. The van der Waals surface area contributed by atoms with E-state index in [0.717, 1.165) is 24.2 Å². The molecule has 0 amide bonds. The van der Waals surface area contributed by atoms with E-state index in [9.17, 15) is 0 Å². The van der Waals surface area contributed by atoms with Gasteiger partial charge < -0.3 is 9.47 Å². The second-order valence-electron chi connectivity index (χ2n) is 8.00. The molecule has 0 N–H and O–H groups in total. The first kappa shape index (κ1) is 19.4. The summed E-state index contributed by atoms with van der Waals surface area (Å²) in [7, 11) is 0. The Labute approximate surface area is 138 Å². The van der Waals surface area contributed by atoms with Gasteiger partial charge in [0.1, 0.15) is 12.5 Å². The van der Waals surface area contributed by atoms with Crippen molar-refractivity contribution in [1.29, 1.82) is 0 Å². The minimum absolute atomic E-state index is 0.398. The van der Waals surface area contributed by atoms with Crippen LogP contribution in [0.15, 0.2) is 12.5 Å². The monoisotopic (exact) mass is 310 g/mol. The van der Waals surface area contributed by atoms with Crippen LogP contribution < -0.4 is 0 Å². The molecule has 0 radical (unpaired) electrons. The summed E-state index contributed by atoms with van der Waals surface area (Å²) in [6, 6.07) is 0. The molecule has 1 heterocycles. The maximum absolute atomic E-state index is 5.49. The van der Waals surface area contributed by atoms with E-state index in [1.807, 2.05) is 6.92 Å². The van der Waals surface area contributed by atoms with E-state index in [2.05, 4.69) is 27.7 Å². The third-order valence-corrected chi connectivity index (χ3v) is 4.89. The topological polar surface area (TPSA) is 18.5 Å². The van der Waals surface area contributed by atoms with Crippen LogP contribution in [0.4, 0.5) is 0 Å². The number of hydrogen-bond donors (Lipinski definition) is 0. The molecule has 130 valence electrons. The average molecular weight is 311 g/mol. The average Bonchev–Trinajstić information content (AvgIpc) is 2.85. The first-order chi connectivity index (χ1) is 10.4. The highest BCUT2D eigenvalue weighted by atomic mass is 16.7. The summed E-state index contributed by atoms with van der Waals surface area (Å²) in [6.45, 7) is 11.5. The Morgan fingerprint density at radius 1 is 0.727 bits per heavy atom. The van der Waals surface area contributed by atoms with Crippen LogP contribution in [0.2, 0.25) is 0 Å². The second-order valence-corrected chi connectivity index (χ2v) is 8.00. The minimum Gasteiger partial charge on any atom is -0.457 e. The van der Waals surface area contributed by atoms with Gasteiger partial charge in [-0.3, -0.25) is 0 Å². The summed E-state index contributed by atoms with van der Waals surface area (Å²) in [5, 5.41) is 0. The standard InChI is InChI=1S/C20H38O2/c1-17(2)9-6-10-18(3)11-7-12-19(4)13-8-14-20(5)21-15-16-22-20/h15-19H,6-14H2,1-5H3/t18-,19-/m1/s1.